The summed E-state index contributed by atoms with van der Waals surface area (Å²) in [5.74, 6) is -1.44. The predicted octanol–water partition coefficient (Wildman–Crippen LogP) is -0.693. The molecule has 0 spiro atoms. The lowest BCUT2D eigenvalue weighted by atomic mass is 9.33. The van der Waals surface area contributed by atoms with Gasteiger partial charge in [0.05, 0.1) is 43.5 Å². The Hall–Kier alpha value is -2.00. The van der Waals surface area contributed by atoms with E-state index < -0.39 is 163 Å². The van der Waals surface area contributed by atoms with E-state index in [2.05, 4.69) is 40.7 Å². The van der Waals surface area contributed by atoms with Gasteiger partial charge < -0.3 is 94.1 Å². The van der Waals surface area contributed by atoms with Crippen LogP contribution >= 0.6 is 0 Å². The van der Waals surface area contributed by atoms with E-state index >= 15 is 0 Å². The van der Waals surface area contributed by atoms with Crippen molar-refractivity contribution in [3.05, 3.63) is 11.6 Å². The molecule has 11 N–H and O–H groups in total. The van der Waals surface area contributed by atoms with Gasteiger partial charge in [0.15, 0.2) is 18.9 Å². The van der Waals surface area contributed by atoms with Crippen LogP contribution in [0.3, 0.4) is 0 Å². The second-order valence-corrected chi connectivity index (χ2v) is 24.5. The number of carbonyl (C=O) groups excluding carboxylic acids is 2. The fraction of sp³-hybridized carbons (Fsp3) is 0.922. The Kier molecular flexibility index (Phi) is 15.7. The molecule has 4 saturated carbocycles. The van der Waals surface area contributed by atoms with E-state index in [-0.39, 0.29) is 42.3 Å². The molecule has 0 aromatic heterocycles. The number of fused-ring (bicyclic) bond motifs is 7. The Morgan fingerprint density at radius 1 is 0.708 bits per heavy atom. The highest BCUT2D eigenvalue weighted by molar-refractivity contribution is 5.67. The molecule has 3 aliphatic heterocycles. The molecular weight excluding hydrogens is 949 g/mol. The molecule has 412 valence electrons. The van der Waals surface area contributed by atoms with Crippen LogP contribution in [0.15, 0.2) is 11.6 Å². The van der Waals surface area contributed by atoms with E-state index in [9.17, 15) is 65.8 Å². The van der Waals surface area contributed by atoms with Crippen LogP contribution in [-0.4, -0.2) is 205 Å². The minimum atomic E-state index is -1.86. The van der Waals surface area contributed by atoms with E-state index in [4.69, 9.17) is 37.9 Å². The number of aliphatic hydroxyl groups excluding tert-OH is 11. The van der Waals surface area contributed by atoms with Crippen molar-refractivity contribution in [2.24, 2.45) is 50.2 Å². The van der Waals surface area contributed by atoms with Gasteiger partial charge in [0, 0.05) is 13.8 Å². The summed E-state index contributed by atoms with van der Waals surface area (Å²) >= 11 is 0. The van der Waals surface area contributed by atoms with E-state index in [1.54, 1.807) is 0 Å². The van der Waals surface area contributed by atoms with Crippen molar-refractivity contribution in [3.8, 4) is 0 Å². The highest BCUT2D eigenvalue weighted by Gasteiger charge is 2.73. The van der Waals surface area contributed by atoms with Crippen LogP contribution in [0.25, 0.3) is 0 Å². The average Bonchev–Trinajstić information content (AvgIpc) is 3.30. The van der Waals surface area contributed by atoms with Crippen LogP contribution in [0.4, 0.5) is 0 Å². The zero-order valence-corrected chi connectivity index (χ0v) is 43.0. The topological polar surface area (TPSA) is 331 Å². The first-order valence-corrected chi connectivity index (χ1v) is 25.8. The first-order valence-electron chi connectivity index (χ1n) is 25.8. The van der Waals surface area contributed by atoms with Crippen molar-refractivity contribution < 1.29 is 104 Å². The molecule has 0 aromatic rings. The Balaban J connectivity index is 1.08. The molecule has 0 unspecified atom stereocenters. The molecule has 21 heteroatoms. The standard InChI is InChI=1S/C51H82O21/c1-22(53)67-21-51-25(16-46(3,4)41(64)42(51)68-23(2)54)24-10-11-30-48(7)14-13-32(47(5,6)29(48)12-15-49(30,8)50(24,9)17-31(51)56)71-45-40(72-44-39(63)36(60)34(58)27(18-52)69-44)37(61)35(59)28(70-45)20-66-43-38(62)33(57)26(55)19-65-43/h10,25-45,52,55-64H,11-21H2,1-9H3/t25-,26-,27+,28+,29-,30+,31+,32-,33-,34+,35+,36-,37-,38+,39+,40+,41-,42-,43-,44-,45-,48-,49+,50+,51-/m0/s1. The molecule has 7 fully saturated rings. The van der Waals surface area contributed by atoms with Gasteiger partial charge >= 0.3 is 11.9 Å². The Bertz CT molecular complexity index is 2000. The molecule has 8 rings (SSSR count). The van der Waals surface area contributed by atoms with Crippen LogP contribution in [0, 0.1) is 50.2 Å². The van der Waals surface area contributed by atoms with Gasteiger partial charge in [0.2, 0.25) is 0 Å². The van der Waals surface area contributed by atoms with Gasteiger partial charge in [0.1, 0.15) is 79.9 Å². The van der Waals surface area contributed by atoms with Crippen molar-refractivity contribution in [3.63, 3.8) is 0 Å². The summed E-state index contributed by atoms with van der Waals surface area (Å²) in [6.45, 7) is 15.7. The molecule has 0 bridgehead atoms. The second-order valence-electron chi connectivity index (χ2n) is 24.5. The summed E-state index contributed by atoms with van der Waals surface area (Å²) in [6, 6.07) is 0. The third kappa shape index (κ3) is 9.02. The van der Waals surface area contributed by atoms with Gasteiger partial charge in [-0.3, -0.25) is 9.59 Å². The highest BCUT2D eigenvalue weighted by atomic mass is 16.8. The molecule has 0 aromatic carbocycles. The molecule has 3 heterocycles. The number of esters is 2. The lowest BCUT2D eigenvalue weighted by Crippen LogP contribution is -2.72. The minimum absolute atomic E-state index is 0.0313. The Morgan fingerprint density at radius 2 is 1.36 bits per heavy atom. The quantitative estimate of drug-likeness (QED) is 0.0693. The number of ether oxygens (including phenoxy) is 8. The molecule has 3 saturated heterocycles. The minimum Gasteiger partial charge on any atom is -0.465 e. The van der Waals surface area contributed by atoms with Gasteiger partial charge in [-0.05, 0) is 89.8 Å². The molecule has 25 atom stereocenters. The zero-order chi connectivity index (χ0) is 53.0. The molecule has 0 radical (unpaired) electrons. The Labute approximate surface area is 420 Å². The molecular formula is C51H82O21. The van der Waals surface area contributed by atoms with Crippen LogP contribution in [-0.2, 0) is 47.5 Å². The number of aliphatic hydroxyl groups is 11. The van der Waals surface area contributed by atoms with Crippen molar-refractivity contribution in [1.82, 2.24) is 0 Å². The summed E-state index contributed by atoms with van der Waals surface area (Å²) in [4.78, 5) is 25.2. The Morgan fingerprint density at radius 3 is 2.01 bits per heavy atom. The molecule has 5 aliphatic carbocycles. The maximum atomic E-state index is 12.7. The van der Waals surface area contributed by atoms with Crippen LogP contribution in [0.5, 0.6) is 0 Å². The van der Waals surface area contributed by atoms with Gasteiger partial charge in [-0.25, -0.2) is 0 Å². The summed E-state index contributed by atoms with van der Waals surface area (Å²) in [6.07, 6.45) is -20.1. The van der Waals surface area contributed by atoms with Crippen molar-refractivity contribution >= 4 is 11.9 Å². The normalized spacial score (nSPS) is 51.8. The zero-order valence-electron chi connectivity index (χ0n) is 43.0. The summed E-state index contributed by atoms with van der Waals surface area (Å²) in [7, 11) is 0. The number of hydrogen-bond donors (Lipinski definition) is 11. The largest absolute Gasteiger partial charge is 0.465 e. The first kappa shape index (κ1) is 56.2. The molecule has 72 heavy (non-hydrogen) atoms. The first-order chi connectivity index (χ1) is 33.5. The lowest BCUT2D eigenvalue weighted by molar-refractivity contribution is -0.381. The number of hydrogen-bond acceptors (Lipinski definition) is 21. The lowest BCUT2D eigenvalue weighted by Gasteiger charge is -2.72. The number of carbonyl (C=O) groups is 2. The van der Waals surface area contributed by atoms with Crippen LogP contribution < -0.4 is 0 Å². The number of allylic oxidation sites excluding steroid dienone is 2. The maximum Gasteiger partial charge on any atom is 0.303 e. The third-order valence-electron chi connectivity index (χ3n) is 19.8. The summed E-state index contributed by atoms with van der Waals surface area (Å²) in [5, 5.41) is 121. The predicted molar refractivity (Wildman–Crippen MR) is 247 cm³/mol. The van der Waals surface area contributed by atoms with Crippen LogP contribution in [0.1, 0.15) is 107 Å². The van der Waals surface area contributed by atoms with Crippen LogP contribution in [0.2, 0.25) is 0 Å². The maximum absolute atomic E-state index is 12.7. The molecule has 8 aliphatic rings. The third-order valence-corrected chi connectivity index (χ3v) is 19.8. The van der Waals surface area contributed by atoms with Crippen molar-refractivity contribution in [1.29, 1.82) is 0 Å². The van der Waals surface area contributed by atoms with E-state index in [0.29, 0.717) is 25.7 Å². The fourth-order valence-corrected chi connectivity index (χ4v) is 15.5. The molecule has 21 nitrogen and oxygen atoms in total. The average molecular weight is 1030 g/mol. The second kappa shape index (κ2) is 20.1. The van der Waals surface area contributed by atoms with Crippen molar-refractivity contribution in [2.75, 3.05) is 26.4 Å². The van der Waals surface area contributed by atoms with Crippen molar-refractivity contribution in [2.45, 2.75) is 218 Å². The molecule has 0 amide bonds. The highest BCUT2D eigenvalue weighted by Crippen LogP contribution is 2.76. The van der Waals surface area contributed by atoms with Gasteiger partial charge in [-0.2, -0.15) is 0 Å². The monoisotopic (exact) mass is 1030 g/mol. The van der Waals surface area contributed by atoms with Gasteiger partial charge in [0.25, 0.3) is 0 Å². The fourth-order valence-electron chi connectivity index (χ4n) is 15.5. The van der Waals surface area contributed by atoms with E-state index in [1.807, 2.05) is 13.8 Å². The van der Waals surface area contributed by atoms with Gasteiger partial charge in [-0.15, -0.1) is 0 Å². The number of rotatable bonds is 11. The summed E-state index contributed by atoms with van der Waals surface area (Å²) in [5.41, 5.74) is -2.78. The smallest absolute Gasteiger partial charge is 0.303 e. The SMILES string of the molecule is CC(=O)OC[C@@]12[C@H](O)C[C@]3(C)C(=CC[C@@H]4[C@@]5(C)CC[C@H](O[C@@H]6O[C@H](CO[C@@H]7OC[C@H](O)[C@H](O)[C@H]7O)[C@@H](O)[C@H](O)[C@H]6O[C@@H]6O[C@H](CO)[C@@H](O)[C@H](O)[C@H]6O)C(C)(C)[C@@H]5CC[C@]43C)[C@@H]1CC(C)(C)[C@@H](O)[C@@H]2OC(C)=O. The van der Waals surface area contributed by atoms with E-state index in [0.717, 1.165) is 18.4 Å². The van der Waals surface area contributed by atoms with E-state index in [1.165, 1.54) is 13.8 Å². The summed E-state index contributed by atoms with van der Waals surface area (Å²) < 4.78 is 47.9. The van der Waals surface area contributed by atoms with Gasteiger partial charge in [-0.1, -0.05) is 60.1 Å².